The topological polar surface area (TPSA) is 67.9 Å². The second kappa shape index (κ2) is 6.17. The Kier molecular flexibility index (Phi) is 4.49. The van der Waals surface area contributed by atoms with Crippen LogP contribution in [0.3, 0.4) is 0 Å². The number of ether oxygens (including phenoxy) is 2. The van der Waals surface area contributed by atoms with Crippen LogP contribution >= 0.6 is 0 Å². The summed E-state index contributed by atoms with van der Waals surface area (Å²) in [5, 5.41) is 0. The molecule has 0 bridgehead atoms. The molecule has 0 unspecified atom stereocenters. The summed E-state index contributed by atoms with van der Waals surface area (Å²) in [7, 11) is -3.94. The number of anilines is 1. The molecule has 2 saturated heterocycles. The molecule has 2 aliphatic heterocycles. The second-order valence-electron chi connectivity index (χ2n) is 5.69. The van der Waals surface area contributed by atoms with E-state index in [0.717, 1.165) is 18.2 Å². The number of halogens is 3. The van der Waals surface area contributed by atoms with E-state index in [1.807, 2.05) is 0 Å². The lowest BCUT2D eigenvalue weighted by molar-refractivity contribution is -0.179. The number of benzene rings is 1. The van der Waals surface area contributed by atoms with Crippen molar-refractivity contribution in [3.05, 3.63) is 29.8 Å². The Morgan fingerprint density at radius 3 is 2.33 bits per heavy atom. The lowest BCUT2D eigenvalue weighted by Gasteiger charge is -2.36. The van der Waals surface area contributed by atoms with E-state index in [1.54, 1.807) is 0 Å². The van der Waals surface area contributed by atoms with Gasteiger partial charge in [-0.05, 0) is 18.2 Å². The molecule has 0 saturated carbocycles. The highest BCUT2D eigenvalue weighted by Gasteiger charge is 2.42. The molecule has 2 heterocycles. The molecule has 0 aliphatic carbocycles. The quantitative estimate of drug-likeness (QED) is 0.891. The molecule has 10 heteroatoms. The van der Waals surface area contributed by atoms with Gasteiger partial charge in [-0.25, -0.2) is 0 Å². The van der Waals surface area contributed by atoms with Gasteiger partial charge in [0, 0.05) is 25.9 Å². The van der Waals surface area contributed by atoms with Crippen LogP contribution in [0.5, 0.6) is 0 Å². The number of hydrogen-bond acceptors (Lipinski definition) is 4. The third kappa shape index (κ3) is 3.66. The fourth-order valence-electron chi connectivity index (χ4n) is 2.83. The SMILES string of the molecule is O=S(=O)(Nc1cccc(C(F)(F)F)c1)N1CCC2(CC1)OCCO2. The zero-order valence-corrected chi connectivity index (χ0v) is 13.5. The third-order valence-corrected chi connectivity index (χ3v) is 5.61. The first-order chi connectivity index (χ1) is 11.2. The van der Waals surface area contributed by atoms with E-state index in [2.05, 4.69) is 4.72 Å². The summed E-state index contributed by atoms with van der Waals surface area (Å²) >= 11 is 0. The van der Waals surface area contributed by atoms with Gasteiger partial charge in [0.05, 0.1) is 24.5 Å². The average molecular weight is 366 g/mol. The molecule has 6 nitrogen and oxygen atoms in total. The fourth-order valence-corrected chi connectivity index (χ4v) is 4.04. The molecule has 2 aliphatic rings. The van der Waals surface area contributed by atoms with Gasteiger partial charge in [-0.2, -0.15) is 25.9 Å². The van der Waals surface area contributed by atoms with Crippen molar-refractivity contribution in [1.82, 2.24) is 4.31 Å². The minimum absolute atomic E-state index is 0.126. The molecular formula is C14H17F3N2O4S. The normalized spacial score (nSPS) is 22.0. The summed E-state index contributed by atoms with van der Waals surface area (Å²) in [5.41, 5.74) is -1.04. The lowest BCUT2D eigenvalue weighted by Crippen LogP contribution is -2.48. The van der Waals surface area contributed by atoms with Crippen LogP contribution in [-0.4, -0.2) is 44.8 Å². The number of rotatable bonds is 3. The number of hydrogen-bond donors (Lipinski definition) is 1. The smallest absolute Gasteiger partial charge is 0.347 e. The molecular weight excluding hydrogens is 349 g/mol. The lowest BCUT2D eigenvalue weighted by atomic mass is 10.1. The van der Waals surface area contributed by atoms with Gasteiger partial charge in [0.2, 0.25) is 0 Å². The van der Waals surface area contributed by atoms with Gasteiger partial charge in [0.25, 0.3) is 0 Å². The first-order valence-electron chi connectivity index (χ1n) is 7.43. The monoisotopic (exact) mass is 366 g/mol. The Morgan fingerprint density at radius 2 is 1.75 bits per heavy atom. The van der Waals surface area contributed by atoms with Crippen LogP contribution in [-0.2, 0) is 25.9 Å². The predicted octanol–water partition coefficient (Wildman–Crippen LogP) is 2.20. The molecule has 0 aromatic heterocycles. The Morgan fingerprint density at radius 1 is 1.12 bits per heavy atom. The minimum Gasteiger partial charge on any atom is -0.347 e. The van der Waals surface area contributed by atoms with Gasteiger partial charge in [0.15, 0.2) is 5.79 Å². The third-order valence-electron chi connectivity index (χ3n) is 4.07. The maximum atomic E-state index is 12.7. The molecule has 0 amide bonds. The van der Waals surface area contributed by atoms with E-state index in [4.69, 9.17) is 9.47 Å². The van der Waals surface area contributed by atoms with Crippen molar-refractivity contribution in [3.63, 3.8) is 0 Å². The summed E-state index contributed by atoms with van der Waals surface area (Å²) in [6.45, 7) is 1.31. The predicted molar refractivity (Wildman–Crippen MR) is 79.4 cm³/mol. The highest BCUT2D eigenvalue weighted by atomic mass is 32.2. The molecule has 1 spiro atoms. The van der Waals surface area contributed by atoms with Crippen LogP contribution in [0.2, 0.25) is 0 Å². The maximum absolute atomic E-state index is 12.7. The molecule has 24 heavy (non-hydrogen) atoms. The number of nitrogens with zero attached hydrogens (tertiary/aromatic N) is 1. The fraction of sp³-hybridized carbons (Fsp3) is 0.571. The maximum Gasteiger partial charge on any atom is 0.416 e. The number of nitrogens with one attached hydrogen (secondary N) is 1. The standard InChI is InChI=1S/C14H17F3N2O4S/c15-14(16,17)11-2-1-3-12(10-11)18-24(20,21)19-6-4-13(5-7-19)22-8-9-23-13/h1-3,10,18H,4-9H2. The molecule has 1 aromatic rings. The van der Waals surface area contributed by atoms with Crippen LogP contribution in [0, 0.1) is 0 Å². The van der Waals surface area contributed by atoms with Crippen LogP contribution in [0.4, 0.5) is 18.9 Å². The van der Waals surface area contributed by atoms with Gasteiger partial charge in [-0.3, -0.25) is 4.72 Å². The summed E-state index contributed by atoms with van der Waals surface area (Å²) < 4.78 is 77.3. The van der Waals surface area contributed by atoms with Gasteiger partial charge in [-0.1, -0.05) is 6.07 Å². The molecule has 1 N–H and O–H groups in total. The average Bonchev–Trinajstić information content (AvgIpc) is 2.95. The van der Waals surface area contributed by atoms with Crippen molar-refractivity contribution in [3.8, 4) is 0 Å². The van der Waals surface area contributed by atoms with Crippen molar-refractivity contribution in [2.24, 2.45) is 0 Å². The van der Waals surface area contributed by atoms with Gasteiger partial charge >= 0.3 is 16.4 Å². The summed E-state index contributed by atoms with van der Waals surface area (Å²) in [4.78, 5) is 0. The van der Waals surface area contributed by atoms with Crippen molar-refractivity contribution in [1.29, 1.82) is 0 Å². The number of piperidine rings is 1. The molecule has 3 rings (SSSR count). The molecule has 1 aromatic carbocycles. The first kappa shape index (κ1) is 17.5. The molecule has 0 radical (unpaired) electrons. The first-order valence-corrected chi connectivity index (χ1v) is 8.87. The van der Waals surface area contributed by atoms with Crippen molar-refractivity contribution in [2.75, 3.05) is 31.0 Å². The van der Waals surface area contributed by atoms with Crippen LogP contribution in [0.1, 0.15) is 18.4 Å². The van der Waals surface area contributed by atoms with E-state index < -0.39 is 27.7 Å². The summed E-state index contributed by atoms with van der Waals surface area (Å²) in [6.07, 6.45) is -3.76. The van der Waals surface area contributed by atoms with Crippen molar-refractivity contribution >= 4 is 15.9 Å². The minimum atomic E-state index is -4.53. The van der Waals surface area contributed by atoms with E-state index in [1.165, 1.54) is 10.4 Å². The van der Waals surface area contributed by atoms with Crippen LogP contribution < -0.4 is 4.72 Å². The van der Waals surface area contributed by atoms with Crippen LogP contribution in [0.25, 0.3) is 0 Å². The van der Waals surface area contributed by atoms with Gasteiger partial charge in [0.1, 0.15) is 0 Å². The van der Waals surface area contributed by atoms with E-state index in [-0.39, 0.29) is 18.8 Å². The van der Waals surface area contributed by atoms with E-state index in [9.17, 15) is 21.6 Å². The molecule has 0 atom stereocenters. The van der Waals surface area contributed by atoms with Gasteiger partial charge in [-0.15, -0.1) is 0 Å². The molecule has 2 fully saturated rings. The highest BCUT2D eigenvalue weighted by Crippen LogP contribution is 2.33. The van der Waals surface area contributed by atoms with Crippen molar-refractivity contribution < 1.29 is 31.1 Å². The number of alkyl halides is 3. The second-order valence-corrected chi connectivity index (χ2v) is 7.36. The van der Waals surface area contributed by atoms with E-state index >= 15 is 0 Å². The van der Waals surface area contributed by atoms with Crippen molar-refractivity contribution in [2.45, 2.75) is 24.8 Å². The largest absolute Gasteiger partial charge is 0.416 e. The summed E-state index contributed by atoms with van der Waals surface area (Å²) in [5.74, 6) is -0.720. The zero-order valence-electron chi connectivity index (χ0n) is 12.7. The van der Waals surface area contributed by atoms with Crippen LogP contribution in [0.15, 0.2) is 24.3 Å². The molecule has 134 valence electrons. The van der Waals surface area contributed by atoms with E-state index in [0.29, 0.717) is 26.1 Å². The Hall–Kier alpha value is -1.36. The Bertz CT molecular complexity index is 692. The summed E-state index contributed by atoms with van der Waals surface area (Å²) in [6, 6.07) is 4.09. The van der Waals surface area contributed by atoms with Gasteiger partial charge < -0.3 is 9.47 Å². The Balaban J connectivity index is 1.68. The highest BCUT2D eigenvalue weighted by molar-refractivity contribution is 7.90. The zero-order chi connectivity index (χ0) is 17.4. The Labute approximate surface area is 137 Å².